The molecule has 0 aliphatic rings. The normalized spacial score (nSPS) is 12.0. The molecule has 0 spiro atoms. The Morgan fingerprint density at radius 2 is 2.00 bits per heavy atom. The molecule has 0 aliphatic carbocycles. The largest absolute Gasteiger partial charge is 0.493 e. The molecule has 3 N–H and O–H groups in total. The van der Waals surface area contributed by atoms with Crippen molar-refractivity contribution in [3.63, 3.8) is 0 Å². The van der Waals surface area contributed by atoms with Gasteiger partial charge < -0.3 is 20.1 Å². The molecule has 1 aromatic carbocycles. The first kappa shape index (κ1) is 21.1. The maximum absolute atomic E-state index is 5.93. The summed E-state index contributed by atoms with van der Waals surface area (Å²) in [7, 11) is 1.64. The van der Waals surface area contributed by atoms with Crippen LogP contribution in [0, 0.1) is 0 Å². The van der Waals surface area contributed by atoms with E-state index in [4.69, 9.17) is 9.47 Å². The molecule has 0 fully saturated rings. The summed E-state index contributed by atoms with van der Waals surface area (Å²) in [6.45, 7) is 5.97. The lowest BCUT2D eigenvalue weighted by molar-refractivity contribution is 0.213. The fraction of sp³-hybridized carbons (Fsp3) is 0.412. The third-order valence-corrected chi connectivity index (χ3v) is 3.26. The highest BCUT2D eigenvalue weighted by molar-refractivity contribution is 14.0. The van der Waals surface area contributed by atoms with Crippen LogP contribution in [0.15, 0.2) is 41.5 Å². The summed E-state index contributed by atoms with van der Waals surface area (Å²) in [5, 5.41) is 13.3. The second-order valence-corrected chi connectivity index (χ2v) is 5.24. The molecule has 25 heavy (non-hydrogen) atoms. The Morgan fingerprint density at radius 1 is 1.24 bits per heavy atom. The van der Waals surface area contributed by atoms with E-state index in [2.05, 4.69) is 25.8 Å². The first-order valence-corrected chi connectivity index (χ1v) is 8.03. The zero-order chi connectivity index (χ0) is 17.2. The number of guanidine groups is 1. The minimum Gasteiger partial charge on any atom is -0.493 e. The van der Waals surface area contributed by atoms with Crippen molar-refractivity contribution in [2.75, 3.05) is 20.2 Å². The van der Waals surface area contributed by atoms with Crippen LogP contribution >= 0.6 is 24.0 Å². The highest BCUT2D eigenvalue weighted by Gasteiger charge is 2.09. The van der Waals surface area contributed by atoms with Crippen LogP contribution in [0.25, 0.3) is 0 Å². The predicted octanol–water partition coefficient (Wildman–Crippen LogP) is 2.56. The van der Waals surface area contributed by atoms with Gasteiger partial charge in [0.05, 0.1) is 25.9 Å². The number of hydrogen-bond acceptors (Lipinski definition) is 4. The van der Waals surface area contributed by atoms with Crippen LogP contribution in [0.2, 0.25) is 0 Å². The molecule has 0 amide bonds. The average molecular weight is 459 g/mol. The zero-order valence-corrected chi connectivity index (χ0v) is 17.1. The maximum atomic E-state index is 5.93. The van der Waals surface area contributed by atoms with E-state index in [-0.39, 0.29) is 30.1 Å². The van der Waals surface area contributed by atoms with Crippen LogP contribution in [0.3, 0.4) is 0 Å². The van der Waals surface area contributed by atoms with E-state index >= 15 is 0 Å². The maximum Gasteiger partial charge on any atom is 0.191 e. The molecule has 7 nitrogen and oxygen atoms in total. The average Bonchev–Trinajstić information content (AvgIpc) is 3.11. The van der Waals surface area contributed by atoms with Crippen molar-refractivity contribution in [3.05, 3.63) is 42.2 Å². The summed E-state index contributed by atoms with van der Waals surface area (Å²) < 4.78 is 11.2. The minimum absolute atomic E-state index is 0. The third-order valence-electron chi connectivity index (χ3n) is 3.26. The Balaban J connectivity index is 0.00000312. The van der Waals surface area contributed by atoms with E-state index in [0.717, 1.165) is 29.7 Å². The van der Waals surface area contributed by atoms with Crippen molar-refractivity contribution in [2.24, 2.45) is 4.99 Å². The molecule has 0 bridgehead atoms. The van der Waals surface area contributed by atoms with Gasteiger partial charge in [0.1, 0.15) is 6.10 Å². The van der Waals surface area contributed by atoms with Gasteiger partial charge in [0.15, 0.2) is 17.5 Å². The Kier molecular flexibility index (Phi) is 9.75. The molecular weight excluding hydrogens is 433 g/mol. The molecule has 0 radical (unpaired) electrons. The summed E-state index contributed by atoms with van der Waals surface area (Å²) in [5.41, 5.74) is 0.963. The van der Waals surface area contributed by atoms with E-state index < -0.39 is 0 Å². The van der Waals surface area contributed by atoms with E-state index in [9.17, 15) is 0 Å². The number of aromatic amines is 1. The van der Waals surface area contributed by atoms with Gasteiger partial charge in [-0.15, -0.1) is 24.0 Å². The topological polar surface area (TPSA) is 83.6 Å². The quantitative estimate of drug-likeness (QED) is 0.321. The molecule has 138 valence electrons. The summed E-state index contributed by atoms with van der Waals surface area (Å²) in [4.78, 5) is 4.51. The van der Waals surface area contributed by atoms with Crippen molar-refractivity contribution in [1.82, 2.24) is 20.8 Å². The number of aliphatic imine (C=N–C) groups is 1. The van der Waals surface area contributed by atoms with Gasteiger partial charge in [-0.1, -0.05) is 12.1 Å². The van der Waals surface area contributed by atoms with Crippen molar-refractivity contribution in [2.45, 2.75) is 26.5 Å². The molecule has 2 rings (SSSR count). The van der Waals surface area contributed by atoms with Crippen LogP contribution in [-0.2, 0) is 6.54 Å². The van der Waals surface area contributed by atoms with Crippen molar-refractivity contribution in [3.8, 4) is 11.5 Å². The molecule has 1 aromatic heterocycles. The SMILES string of the molecule is CCNC(=NCc1ccn[nH]1)NCC(C)Oc1ccccc1OC.I. The molecular formula is C17H26IN5O2. The van der Waals surface area contributed by atoms with Gasteiger partial charge in [-0.05, 0) is 32.0 Å². The standard InChI is InChI=1S/C17H25N5O2.HI/c1-4-18-17(20-12-14-9-10-21-22-14)19-11-13(2)24-16-8-6-5-7-15(16)23-3;/h5-10,13H,4,11-12H2,1-3H3,(H,21,22)(H2,18,19,20);1H. The molecule has 1 heterocycles. The van der Waals surface area contributed by atoms with E-state index in [1.165, 1.54) is 0 Å². The van der Waals surface area contributed by atoms with Crippen molar-refractivity contribution in [1.29, 1.82) is 0 Å². The number of aromatic nitrogens is 2. The first-order valence-electron chi connectivity index (χ1n) is 8.03. The Morgan fingerprint density at radius 3 is 2.64 bits per heavy atom. The second-order valence-electron chi connectivity index (χ2n) is 5.24. The van der Waals surface area contributed by atoms with E-state index in [0.29, 0.717) is 13.1 Å². The minimum atomic E-state index is -0.0442. The second kappa shape index (κ2) is 11.6. The highest BCUT2D eigenvalue weighted by Crippen LogP contribution is 2.26. The number of benzene rings is 1. The summed E-state index contributed by atoms with van der Waals surface area (Å²) in [6.07, 6.45) is 1.67. The Bertz CT molecular complexity index is 634. The van der Waals surface area contributed by atoms with Crippen LogP contribution in [-0.4, -0.2) is 42.5 Å². The summed E-state index contributed by atoms with van der Waals surface area (Å²) in [5.74, 6) is 2.19. The molecule has 0 aliphatic heterocycles. The third kappa shape index (κ3) is 7.20. The molecule has 0 saturated carbocycles. The fourth-order valence-corrected chi connectivity index (χ4v) is 2.09. The van der Waals surface area contributed by atoms with Gasteiger partial charge in [0, 0.05) is 12.7 Å². The number of para-hydroxylation sites is 2. The number of methoxy groups -OCH3 is 1. The number of ether oxygens (including phenoxy) is 2. The number of nitrogens with one attached hydrogen (secondary N) is 3. The van der Waals surface area contributed by atoms with Gasteiger partial charge in [0.25, 0.3) is 0 Å². The van der Waals surface area contributed by atoms with Crippen molar-refractivity contribution >= 4 is 29.9 Å². The van der Waals surface area contributed by atoms with Crippen molar-refractivity contribution < 1.29 is 9.47 Å². The van der Waals surface area contributed by atoms with Gasteiger partial charge in [-0.2, -0.15) is 5.10 Å². The fourth-order valence-electron chi connectivity index (χ4n) is 2.09. The lowest BCUT2D eigenvalue weighted by atomic mass is 10.3. The molecule has 0 saturated heterocycles. The lowest BCUT2D eigenvalue weighted by Crippen LogP contribution is -2.41. The van der Waals surface area contributed by atoms with E-state index in [1.54, 1.807) is 13.3 Å². The molecule has 2 aromatic rings. The van der Waals surface area contributed by atoms with Crippen LogP contribution in [0.4, 0.5) is 0 Å². The number of halogens is 1. The van der Waals surface area contributed by atoms with Gasteiger partial charge in [-0.3, -0.25) is 5.10 Å². The molecule has 1 atom stereocenters. The van der Waals surface area contributed by atoms with Crippen LogP contribution in [0.5, 0.6) is 11.5 Å². The van der Waals surface area contributed by atoms with E-state index in [1.807, 2.05) is 44.2 Å². The van der Waals surface area contributed by atoms with Gasteiger partial charge in [0.2, 0.25) is 0 Å². The molecule has 1 unspecified atom stereocenters. The number of rotatable bonds is 8. The van der Waals surface area contributed by atoms with Crippen LogP contribution in [0.1, 0.15) is 19.5 Å². The lowest BCUT2D eigenvalue weighted by Gasteiger charge is -2.19. The smallest absolute Gasteiger partial charge is 0.191 e. The van der Waals surface area contributed by atoms with Gasteiger partial charge in [-0.25, -0.2) is 4.99 Å². The first-order chi connectivity index (χ1) is 11.7. The predicted molar refractivity (Wildman–Crippen MR) is 110 cm³/mol. The number of H-pyrrole nitrogens is 1. The summed E-state index contributed by atoms with van der Waals surface area (Å²) in [6, 6.07) is 9.52. The zero-order valence-electron chi connectivity index (χ0n) is 14.8. The number of hydrogen-bond donors (Lipinski definition) is 3. The van der Waals surface area contributed by atoms with Crippen LogP contribution < -0.4 is 20.1 Å². The Labute approximate surface area is 165 Å². The molecule has 8 heteroatoms. The highest BCUT2D eigenvalue weighted by atomic mass is 127. The Hall–Kier alpha value is -1.97. The monoisotopic (exact) mass is 459 g/mol. The van der Waals surface area contributed by atoms with Gasteiger partial charge >= 0.3 is 0 Å². The summed E-state index contributed by atoms with van der Waals surface area (Å²) >= 11 is 0. The number of nitrogens with zero attached hydrogens (tertiary/aromatic N) is 2.